The van der Waals surface area contributed by atoms with Crippen molar-refractivity contribution in [2.24, 2.45) is 0 Å². The fourth-order valence-corrected chi connectivity index (χ4v) is 2.47. The van der Waals surface area contributed by atoms with E-state index >= 15 is 0 Å². The van der Waals surface area contributed by atoms with Crippen LogP contribution in [0, 0.1) is 6.92 Å². The van der Waals surface area contributed by atoms with Crippen LogP contribution >= 0.6 is 0 Å². The van der Waals surface area contributed by atoms with E-state index in [1.54, 1.807) is 0 Å². The summed E-state index contributed by atoms with van der Waals surface area (Å²) in [7, 11) is 0. The molecule has 0 aromatic heterocycles. The van der Waals surface area contributed by atoms with Gasteiger partial charge in [-0.25, -0.2) is 0 Å². The zero-order valence-corrected chi connectivity index (χ0v) is 13.2. The molecule has 1 aliphatic heterocycles. The highest BCUT2D eigenvalue weighted by Gasteiger charge is 2.18. The zero-order valence-electron chi connectivity index (χ0n) is 13.2. The fraction of sp³-hybridized carbons (Fsp3) is 0.316. The second-order valence-corrected chi connectivity index (χ2v) is 5.83. The molecular weight excluding hydrogens is 290 g/mol. The van der Waals surface area contributed by atoms with Crippen LogP contribution in [-0.4, -0.2) is 25.2 Å². The highest BCUT2D eigenvalue weighted by molar-refractivity contribution is 5.94. The summed E-state index contributed by atoms with van der Waals surface area (Å²) in [5, 5.41) is 2.98. The predicted octanol–water partition coefficient (Wildman–Crippen LogP) is 3.09. The SMILES string of the molecule is Cc1ccc(OCc2ccc(C(=O)N[C@@H]3CCOC3)cc2)cc1. The van der Waals surface area contributed by atoms with E-state index < -0.39 is 0 Å². The number of carbonyl (C=O) groups excluding carboxylic acids is 1. The fourth-order valence-electron chi connectivity index (χ4n) is 2.47. The zero-order chi connectivity index (χ0) is 16.1. The Morgan fingerprint density at radius 2 is 1.91 bits per heavy atom. The first-order valence-electron chi connectivity index (χ1n) is 7.88. The normalized spacial score (nSPS) is 17.0. The number of carbonyl (C=O) groups is 1. The van der Waals surface area contributed by atoms with Gasteiger partial charge in [-0.1, -0.05) is 29.8 Å². The first kappa shape index (κ1) is 15.6. The number of hydrogen-bond acceptors (Lipinski definition) is 3. The molecule has 0 saturated carbocycles. The lowest BCUT2D eigenvalue weighted by atomic mass is 10.1. The average Bonchev–Trinajstić information content (AvgIpc) is 3.08. The molecule has 2 aromatic carbocycles. The van der Waals surface area contributed by atoms with Crippen LogP contribution in [0.5, 0.6) is 5.75 Å². The molecule has 0 aliphatic carbocycles. The molecule has 1 atom stereocenters. The van der Waals surface area contributed by atoms with Crippen LogP contribution < -0.4 is 10.1 Å². The molecule has 4 nitrogen and oxygen atoms in total. The quantitative estimate of drug-likeness (QED) is 0.923. The largest absolute Gasteiger partial charge is 0.489 e. The number of rotatable bonds is 5. The molecule has 1 N–H and O–H groups in total. The monoisotopic (exact) mass is 311 g/mol. The van der Waals surface area contributed by atoms with Crippen molar-refractivity contribution in [3.05, 3.63) is 65.2 Å². The van der Waals surface area contributed by atoms with Crippen LogP contribution in [0.4, 0.5) is 0 Å². The Morgan fingerprint density at radius 1 is 1.17 bits per heavy atom. The summed E-state index contributed by atoms with van der Waals surface area (Å²) >= 11 is 0. The lowest BCUT2D eigenvalue weighted by Crippen LogP contribution is -2.34. The van der Waals surface area contributed by atoms with Crippen molar-refractivity contribution in [2.75, 3.05) is 13.2 Å². The molecule has 120 valence electrons. The van der Waals surface area contributed by atoms with Gasteiger partial charge >= 0.3 is 0 Å². The minimum absolute atomic E-state index is 0.0495. The molecule has 0 spiro atoms. The van der Waals surface area contributed by atoms with Crippen molar-refractivity contribution in [3.63, 3.8) is 0 Å². The van der Waals surface area contributed by atoms with Crippen LogP contribution in [0.25, 0.3) is 0 Å². The van der Waals surface area contributed by atoms with Crippen molar-refractivity contribution >= 4 is 5.91 Å². The Balaban J connectivity index is 1.53. The van der Waals surface area contributed by atoms with E-state index in [1.807, 2.05) is 55.5 Å². The van der Waals surface area contributed by atoms with Crippen LogP contribution in [-0.2, 0) is 11.3 Å². The van der Waals surface area contributed by atoms with Crippen molar-refractivity contribution in [3.8, 4) is 5.75 Å². The lowest BCUT2D eigenvalue weighted by Gasteiger charge is -2.11. The smallest absolute Gasteiger partial charge is 0.251 e. The Morgan fingerprint density at radius 3 is 2.57 bits per heavy atom. The Kier molecular flexibility index (Phi) is 4.93. The molecule has 3 rings (SSSR count). The van der Waals surface area contributed by atoms with Gasteiger partial charge < -0.3 is 14.8 Å². The third-order valence-corrected chi connectivity index (χ3v) is 3.91. The van der Waals surface area contributed by atoms with Crippen molar-refractivity contribution in [1.29, 1.82) is 0 Å². The molecule has 1 saturated heterocycles. The molecule has 0 bridgehead atoms. The average molecular weight is 311 g/mol. The predicted molar refractivity (Wildman–Crippen MR) is 88.6 cm³/mol. The van der Waals surface area contributed by atoms with E-state index in [0.717, 1.165) is 24.3 Å². The Bertz CT molecular complexity index is 643. The van der Waals surface area contributed by atoms with Gasteiger partial charge in [0.15, 0.2) is 0 Å². The first-order chi connectivity index (χ1) is 11.2. The van der Waals surface area contributed by atoms with Crippen molar-refractivity contribution in [2.45, 2.75) is 26.0 Å². The van der Waals surface area contributed by atoms with Crippen LogP contribution in [0.2, 0.25) is 0 Å². The maximum atomic E-state index is 12.1. The standard InChI is InChI=1S/C19H21NO3/c1-14-2-8-18(9-3-14)23-12-15-4-6-16(7-5-15)19(21)20-17-10-11-22-13-17/h2-9,17H,10-13H2,1H3,(H,20,21)/t17-/m1/s1. The maximum Gasteiger partial charge on any atom is 0.251 e. The van der Waals surface area contributed by atoms with E-state index in [-0.39, 0.29) is 11.9 Å². The second-order valence-electron chi connectivity index (χ2n) is 5.83. The second kappa shape index (κ2) is 7.29. The van der Waals surface area contributed by atoms with Crippen molar-refractivity contribution in [1.82, 2.24) is 5.32 Å². The van der Waals surface area contributed by atoms with Crippen molar-refractivity contribution < 1.29 is 14.3 Å². The van der Waals surface area contributed by atoms with Gasteiger partial charge in [-0.3, -0.25) is 4.79 Å². The van der Waals surface area contributed by atoms with E-state index in [0.29, 0.717) is 18.8 Å². The summed E-state index contributed by atoms with van der Waals surface area (Å²) in [4.78, 5) is 12.1. The van der Waals surface area contributed by atoms with Gasteiger partial charge in [-0.15, -0.1) is 0 Å². The highest BCUT2D eigenvalue weighted by Crippen LogP contribution is 2.14. The van der Waals surface area contributed by atoms with Crippen LogP contribution in [0.1, 0.15) is 27.9 Å². The van der Waals surface area contributed by atoms with Gasteiger partial charge in [0.25, 0.3) is 5.91 Å². The molecule has 1 fully saturated rings. The van der Waals surface area contributed by atoms with Crippen LogP contribution in [0.15, 0.2) is 48.5 Å². The first-order valence-corrected chi connectivity index (χ1v) is 7.88. The van der Waals surface area contributed by atoms with Gasteiger partial charge in [0, 0.05) is 12.2 Å². The summed E-state index contributed by atoms with van der Waals surface area (Å²) in [6, 6.07) is 15.6. The number of hydrogen-bond donors (Lipinski definition) is 1. The number of benzene rings is 2. The molecule has 1 amide bonds. The number of amides is 1. The molecular formula is C19H21NO3. The van der Waals surface area contributed by atoms with E-state index in [9.17, 15) is 4.79 Å². The Hall–Kier alpha value is -2.33. The van der Waals surface area contributed by atoms with Gasteiger partial charge in [-0.05, 0) is 43.2 Å². The summed E-state index contributed by atoms with van der Waals surface area (Å²) in [6.45, 7) is 3.86. The molecule has 2 aromatic rings. The number of nitrogens with one attached hydrogen (secondary N) is 1. The summed E-state index contributed by atoms with van der Waals surface area (Å²) < 4.78 is 11.0. The van der Waals surface area contributed by atoms with Gasteiger partial charge in [0.05, 0.1) is 12.6 Å². The maximum absolute atomic E-state index is 12.1. The molecule has 0 radical (unpaired) electrons. The molecule has 0 unspecified atom stereocenters. The third kappa shape index (κ3) is 4.33. The Labute approximate surface area is 136 Å². The number of aryl methyl sites for hydroxylation is 1. The van der Waals surface area contributed by atoms with E-state index in [2.05, 4.69) is 5.32 Å². The van der Waals surface area contributed by atoms with Crippen LogP contribution in [0.3, 0.4) is 0 Å². The lowest BCUT2D eigenvalue weighted by molar-refractivity contribution is 0.0930. The topological polar surface area (TPSA) is 47.6 Å². The van der Waals surface area contributed by atoms with Gasteiger partial charge in [0.1, 0.15) is 12.4 Å². The van der Waals surface area contributed by atoms with E-state index in [1.165, 1.54) is 5.56 Å². The minimum atomic E-state index is -0.0495. The summed E-state index contributed by atoms with van der Waals surface area (Å²) in [5.41, 5.74) is 2.91. The minimum Gasteiger partial charge on any atom is -0.489 e. The van der Waals surface area contributed by atoms with Gasteiger partial charge in [0.2, 0.25) is 0 Å². The molecule has 1 heterocycles. The third-order valence-electron chi connectivity index (χ3n) is 3.91. The highest BCUT2D eigenvalue weighted by atomic mass is 16.5. The molecule has 4 heteroatoms. The molecule has 23 heavy (non-hydrogen) atoms. The van der Waals surface area contributed by atoms with E-state index in [4.69, 9.17) is 9.47 Å². The van der Waals surface area contributed by atoms with Gasteiger partial charge in [-0.2, -0.15) is 0 Å². The molecule has 1 aliphatic rings. The number of ether oxygens (including phenoxy) is 2. The summed E-state index contributed by atoms with van der Waals surface area (Å²) in [5.74, 6) is 0.796. The summed E-state index contributed by atoms with van der Waals surface area (Å²) in [6.07, 6.45) is 0.883.